The van der Waals surface area contributed by atoms with Crippen LogP contribution < -0.4 is 5.32 Å². The van der Waals surface area contributed by atoms with Gasteiger partial charge in [0.15, 0.2) is 0 Å². The van der Waals surface area contributed by atoms with Gasteiger partial charge < -0.3 is 5.32 Å². The summed E-state index contributed by atoms with van der Waals surface area (Å²) in [4.78, 5) is 4.02. The van der Waals surface area contributed by atoms with Crippen molar-refractivity contribution >= 4 is 11.4 Å². The van der Waals surface area contributed by atoms with Crippen molar-refractivity contribution in [3.05, 3.63) is 53.6 Å². The molecule has 2 aromatic rings. The number of halogens is 1. The van der Waals surface area contributed by atoms with Gasteiger partial charge in [0.2, 0.25) is 0 Å². The molecular weight excluding hydrogens is 217 g/mol. The lowest BCUT2D eigenvalue weighted by molar-refractivity contribution is 0.628. The lowest BCUT2D eigenvalue weighted by atomic mass is 10.2. The Morgan fingerprint density at radius 2 is 2.00 bits per heavy atom. The van der Waals surface area contributed by atoms with Crippen LogP contribution in [0.1, 0.15) is 11.1 Å². The van der Waals surface area contributed by atoms with Crippen LogP contribution in [0.5, 0.6) is 0 Å². The monoisotopic (exact) mass is 227 g/mol. The van der Waals surface area contributed by atoms with Gasteiger partial charge in [-0.15, -0.1) is 0 Å². The smallest absolute Gasteiger partial charge is 0.126 e. The number of anilines is 2. The third kappa shape index (κ3) is 2.79. The van der Waals surface area contributed by atoms with E-state index >= 15 is 0 Å². The number of aryl methyl sites for hydroxylation is 1. The van der Waals surface area contributed by atoms with E-state index in [0.29, 0.717) is 5.69 Å². The fraction of sp³-hybridized carbons (Fsp3) is 0.0769. The van der Waals surface area contributed by atoms with Crippen molar-refractivity contribution in [1.82, 2.24) is 4.98 Å². The third-order valence-electron chi connectivity index (χ3n) is 2.19. The van der Waals surface area contributed by atoms with Gasteiger partial charge in [-0.05, 0) is 36.8 Å². The lowest BCUT2D eigenvalue weighted by Crippen LogP contribution is -1.93. The molecule has 4 heteroatoms. The van der Waals surface area contributed by atoms with Crippen LogP contribution in [0.3, 0.4) is 0 Å². The zero-order valence-electron chi connectivity index (χ0n) is 9.24. The summed E-state index contributed by atoms with van der Waals surface area (Å²) in [6.07, 6.45) is 3.38. The third-order valence-corrected chi connectivity index (χ3v) is 2.19. The number of hydrogen-bond acceptors (Lipinski definition) is 3. The van der Waals surface area contributed by atoms with Crippen LogP contribution in [-0.2, 0) is 0 Å². The van der Waals surface area contributed by atoms with Crippen LogP contribution in [0.25, 0.3) is 0 Å². The molecule has 0 spiro atoms. The van der Waals surface area contributed by atoms with Crippen LogP contribution >= 0.6 is 0 Å². The quantitative estimate of drug-likeness (QED) is 0.857. The molecule has 3 nitrogen and oxygen atoms in total. The van der Waals surface area contributed by atoms with Crippen molar-refractivity contribution in [2.75, 3.05) is 5.32 Å². The Kier molecular flexibility index (Phi) is 3.01. The second-order valence-electron chi connectivity index (χ2n) is 3.72. The summed E-state index contributed by atoms with van der Waals surface area (Å²) in [5.41, 5.74) is 2.59. The average molecular weight is 227 g/mol. The maximum atomic E-state index is 13.2. The Labute approximate surface area is 98.5 Å². The van der Waals surface area contributed by atoms with Crippen molar-refractivity contribution in [3.8, 4) is 6.07 Å². The van der Waals surface area contributed by atoms with Crippen LogP contribution in [-0.4, -0.2) is 4.98 Å². The van der Waals surface area contributed by atoms with Gasteiger partial charge >= 0.3 is 0 Å². The largest absolute Gasteiger partial charge is 0.354 e. The van der Waals surface area contributed by atoms with E-state index in [-0.39, 0.29) is 5.56 Å². The zero-order chi connectivity index (χ0) is 12.3. The number of nitriles is 1. The second-order valence-corrected chi connectivity index (χ2v) is 3.72. The number of nitrogens with zero attached hydrogens (tertiary/aromatic N) is 2. The first-order valence-corrected chi connectivity index (χ1v) is 5.07. The summed E-state index contributed by atoms with van der Waals surface area (Å²) in [5, 5.41) is 11.7. The highest BCUT2D eigenvalue weighted by Gasteiger charge is 2.01. The highest BCUT2D eigenvalue weighted by Crippen LogP contribution is 2.19. The Hall–Kier alpha value is -2.41. The summed E-state index contributed by atoms with van der Waals surface area (Å²) in [6.45, 7) is 1.92. The molecule has 0 aliphatic heterocycles. The molecule has 0 fully saturated rings. The van der Waals surface area contributed by atoms with E-state index < -0.39 is 5.82 Å². The molecule has 1 aromatic carbocycles. The molecule has 2 rings (SSSR count). The maximum Gasteiger partial charge on any atom is 0.126 e. The van der Waals surface area contributed by atoms with Crippen molar-refractivity contribution < 1.29 is 4.39 Å². The predicted molar refractivity (Wildman–Crippen MR) is 63.4 cm³/mol. The highest BCUT2D eigenvalue weighted by atomic mass is 19.1. The topological polar surface area (TPSA) is 48.7 Å². The van der Waals surface area contributed by atoms with Crippen LogP contribution in [0, 0.1) is 24.1 Å². The molecule has 1 heterocycles. The standard InChI is InChI=1S/C13H10FN3/c1-9-2-13(8-16-7-9)17-12-4-10(6-15)3-11(14)5-12/h2-5,7-8,17H,1H3. The van der Waals surface area contributed by atoms with E-state index in [1.807, 2.05) is 19.1 Å². The molecule has 0 atom stereocenters. The molecule has 0 saturated carbocycles. The van der Waals surface area contributed by atoms with E-state index in [2.05, 4.69) is 10.3 Å². The van der Waals surface area contributed by atoms with Gasteiger partial charge in [0.25, 0.3) is 0 Å². The second kappa shape index (κ2) is 4.62. The zero-order valence-corrected chi connectivity index (χ0v) is 9.24. The molecule has 0 unspecified atom stereocenters. The lowest BCUT2D eigenvalue weighted by Gasteiger charge is -2.07. The van der Waals surface area contributed by atoms with Gasteiger partial charge in [-0.1, -0.05) is 0 Å². The van der Waals surface area contributed by atoms with E-state index in [1.54, 1.807) is 18.5 Å². The molecule has 17 heavy (non-hydrogen) atoms. The Morgan fingerprint density at radius 3 is 2.71 bits per heavy atom. The summed E-state index contributed by atoms with van der Waals surface area (Å²) in [5.74, 6) is -0.438. The number of rotatable bonds is 2. The van der Waals surface area contributed by atoms with E-state index in [9.17, 15) is 4.39 Å². The van der Waals surface area contributed by atoms with Crippen molar-refractivity contribution in [2.24, 2.45) is 0 Å². The fourth-order valence-electron chi connectivity index (χ4n) is 1.52. The predicted octanol–water partition coefficient (Wildman–Crippen LogP) is 3.14. The molecule has 0 aliphatic carbocycles. The van der Waals surface area contributed by atoms with E-state index in [1.165, 1.54) is 12.1 Å². The molecule has 0 amide bonds. The molecule has 0 radical (unpaired) electrons. The van der Waals surface area contributed by atoms with E-state index in [0.717, 1.165) is 11.3 Å². The van der Waals surface area contributed by atoms with Crippen LogP contribution in [0.15, 0.2) is 36.7 Å². The first-order valence-electron chi connectivity index (χ1n) is 5.07. The molecule has 1 N–H and O–H groups in total. The van der Waals surface area contributed by atoms with Crippen molar-refractivity contribution in [2.45, 2.75) is 6.92 Å². The van der Waals surface area contributed by atoms with Gasteiger partial charge in [-0.3, -0.25) is 4.98 Å². The molecule has 84 valence electrons. The first kappa shape index (κ1) is 11.1. The summed E-state index contributed by atoms with van der Waals surface area (Å²) in [7, 11) is 0. The SMILES string of the molecule is Cc1cncc(Nc2cc(F)cc(C#N)c2)c1. The summed E-state index contributed by atoms with van der Waals surface area (Å²) < 4.78 is 13.2. The van der Waals surface area contributed by atoms with Crippen LogP contribution in [0.4, 0.5) is 15.8 Å². The molecule has 0 saturated heterocycles. The average Bonchev–Trinajstić information content (AvgIpc) is 2.28. The van der Waals surface area contributed by atoms with Crippen molar-refractivity contribution in [1.29, 1.82) is 5.26 Å². The van der Waals surface area contributed by atoms with Crippen LogP contribution in [0.2, 0.25) is 0 Å². The fourth-order valence-corrected chi connectivity index (χ4v) is 1.52. The van der Waals surface area contributed by atoms with Gasteiger partial charge in [-0.2, -0.15) is 5.26 Å². The van der Waals surface area contributed by atoms with Gasteiger partial charge in [0, 0.05) is 11.9 Å². The number of nitrogens with one attached hydrogen (secondary N) is 1. The number of hydrogen-bond donors (Lipinski definition) is 1. The Bertz CT molecular complexity index is 587. The molecule has 1 aromatic heterocycles. The highest BCUT2D eigenvalue weighted by molar-refractivity contribution is 5.61. The Balaban J connectivity index is 2.30. The van der Waals surface area contributed by atoms with Gasteiger partial charge in [-0.25, -0.2) is 4.39 Å². The molecular formula is C13H10FN3. The maximum absolute atomic E-state index is 13.2. The Morgan fingerprint density at radius 1 is 1.18 bits per heavy atom. The minimum Gasteiger partial charge on any atom is -0.354 e. The van der Waals surface area contributed by atoms with Gasteiger partial charge in [0.1, 0.15) is 5.82 Å². The van der Waals surface area contributed by atoms with Gasteiger partial charge in [0.05, 0.1) is 23.5 Å². The number of pyridine rings is 1. The molecule has 0 aliphatic rings. The molecule has 0 bridgehead atoms. The summed E-state index contributed by atoms with van der Waals surface area (Å²) >= 11 is 0. The minimum absolute atomic E-state index is 0.285. The van der Waals surface area contributed by atoms with Crippen molar-refractivity contribution in [3.63, 3.8) is 0 Å². The first-order chi connectivity index (χ1) is 8.17. The summed E-state index contributed by atoms with van der Waals surface area (Å²) in [6, 6.07) is 7.92. The number of benzene rings is 1. The minimum atomic E-state index is -0.438. The van der Waals surface area contributed by atoms with E-state index in [4.69, 9.17) is 5.26 Å². The number of aromatic nitrogens is 1. The normalized spacial score (nSPS) is 9.71.